The Labute approximate surface area is 165 Å². The van der Waals surface area contributed by atoms with Gasteiger partial charge in [0.15, 0.2) is 5.88 Å². The molecule has 0 saturated carbocycles. The zero-order valence-corrected chi connectivity index (χ0v) is 16.7. The Morgan fingerprint density at radius 1 is 1.32 bits per heavy atom. The molecule has 148 valence electrons. The molecular formula is C20H23N4O3S-. The van der Waals surface area contributed by atoms with Crippen molar-refractivity contribution in [3.05, 3.63) is 34.5 Å². The molecule has 2 aromatic rings. The largest absolute Gasteiger partial charge is 0.479 e. The van der Waals surface area contributed by atoms with Crippen molar-refractivity contribution in [2.75, 3.05) is 11.9 Å². The van der Waals surface area contributed by atoms with Gasteiger partial charge in [0.05, 0.1) is 6.61 Å². The minimum Gasteiger partial charge on any atom is -0.479 e. The number of hydrogen-bond acceptors (Lipinski definition) is 5. The SMILES string of the molecule is C[C@H]1CCc2cc3c(c(NC(=O)N=[S-](=O)c4cnn5c4OCCC5)c21)CCC3. The molecule has 0 saturated heterocycles. The molecule has 0 bridgehead atoms. The van der Waals surface area contributed by atoms with E-state index in [0.29, 0.717) is 23.3 Å². The van der Waals surface area contributed by atoms with Gasteiger partial charge in [-0.05, 0) is 65.2 Å². The number of aromatic nitrogens is 2. The molecule has 5 rings (SSSR count). The summed E-state index contributed by atoms with van der Waals surface area (Å²) >= 11 is 0. The van der Waals surface area contributed by atoms with Gasteiger partial charge in [0.1, 0.15) is 0 Å². The molecule has 2 heterocycles. The van der Waals surface area contributed by atoms with Gasteiger partial charge in [-0.1, -0.05) is 13.0 Å². The lowest BCUT2D eigenvalue weighted by atomic mass is 9.95. The summed E-state index contributed by atoms with van der Waals surface area (Å²) in [5.41, 5.74) is 6.05. The third kappa shape index (κ3) is 2.90. The van der Waals surface area contributed by atoms with Crippen LogP contribution in [0.3, 0.4) is 0 Å². The van der Waals surface area contributed by atoms with Crippen LogP contribution in [0.15, 0.2) is 21.5 Å². The minimum absolute atomic E-state index is 0.353. The summed E-state index contributed by atoms with van der Waals surface area (Å²) in [5.74, 6) is 0.869. The van der Waals surface area contributed by atoms with E-state index < -0.39 is 16.6 Å². The van der Waals surface area contributed by atoms with E-state index in [4.69, 9.17) is 4.74 Å². The summed E-state index contributed by atoms with van der Waals surface area (Å²) in [4.78, 5) is 13.0. The number of anilines is 1. The Kier molecular flexibility index (Phi) is 4.38. The minimum atomic E-state index is -1.85. The molecule has 2 amide bonds. The van der Waals surface area contributed by atoms with Crippen molar-refractivity contribution in [2.45, 2.75) is 62.8 Å². The normalized spacial score (nSPS) is 21.0. The highest BCUT2D eigenvalue weighted by Crippen LogP contribution is 2.43. The molecule has 1 atom stereocenters. The predicted octanol–water partition coefficient (Wildman–Crippen LogP) is 3.94. The predicted molar refractivity (Wildman–Crippen MR) is 105 cm³/mol. The van der Waals surface area contributed by atoms with Crippen molar-refractivity contribution in [1.82, 2.24) is 9.78 Å². The molecule has 1 aliphatic heterocycles. The van der Waals surface area contributed by atoms with Crippen molar-refractivity contribution in [3.8, 4) is 5.88 Å². The van der Waals surface area contributed by atoms with Crippen molar-refractivity contribution in [2.24, 2.45) is 4.36 Å². The van der Waals surface area contributed by atoms with Crippen molar-refractivity contribution in [1.29, 1.82) is 0 Å². The molecule has 0 radical (unpaired) electrons. The molecule has 1 aromatic carbocycles. The average Bonchev–Trinajstić information content (AvgIpc) is 3.40. The lowest BCUT2D eigenvalue weighted by Gasteiger charge is -2.19. The standard InChI is InChI=1S/C20H23N4O3S/c1-12-6-7-14-10-13-4-2-5-15(13)18(17(12)14)22-20(25)23-28(26)16-11-21-24-8-3-9-27-19(16)24/h10-12H,2-9H2,1H3,(H,22,25)/q-1/t12-/m0/s1. The lowest BCUT2D eigenvalue weighted by Crippen LogP contribution is -2.15. The first-order valence-electron chi connectivity index (χ1n) is 9.92. The third-order valence-electron chi connectivity index (χ3n) is 5.96. The number of carbonyl (C=O) groups excluding carboxylic acids is 1. The van der Waals surface area contributed by atoms with Crippen LogP contribution in [0.2, 0.25) is 0 Å². The zero-order valence-electron chi connectivity index (χ0n) is 15.9. The Morgan fingerprint density at radius 2 is 2.21 bits per heavy atom. The van der Waals surface area contributed by atoms with Gasteiger partial charge in [0.25, 0.3) is 0 Å². The second-order valence-electron chi connectivity index (χ2n) is 7.77. The number of amides is 2. The number of nitrogens with zero attached hydrogens (tertiary/aromatic N) is 3. The molecular weight excluding hydrogens is 376 g/mol. The van der Waals surface area contributed by atoms with E-state index in [1.165, 1.54) is 28.5 Å². The van der Waals surface area contributed by atoms with Crippen LogP contribution >= 0.6 is 0 Å². The van der Waals surface area contributed by atoms with E-state index in [9.17, 15) is 9.00 Å². The Balaban J connectivity index is 1.46. The fourth-order valence-corrected chi connectivity index (χ4v) is 5.42. The number of rotatable bonds is 2. The molecule has 0 unspecified atom stereocenters. The fraction of sp³-hybridized carbons (Fsp3) is 0.500. The Morgan fingerprint density at radius 3 is 3.11 bits per heavy atom. The first-order chi connectivity index (χ1) is 13.6. The summed E-state index contributed by atoms with van der Waals surface area (Å²) < 4.78 is 23.8. The molecule has 0 fully saturated rings. The molecule has 2 aliphatic carbocycles. The molecule has 3 aliphatic rings. The van der Waals surface area contributed by atoms with E-state index >= 15 is 0 Å². The third-order valence-corrected chi connectivity index (χ3v) is 6.95. The van der Waals surface area contributed by atoms with Crippen LogP contribution in [0.5, 0.6) is 5.88 Å². The average molecular weight is 399 g/mol. The van der Waals surface area contributed by atoms with Gasteiger partial charge in [0, 0.05) is 24.8 Å². The van der Waals surface area contributed by atoms with Crippen LogP contribution in [0.4, 0.5) is 10.5 Å². The molecule has 7 nitrogen and oxygen atoms in total. The van der Waals surface area contributed by atoms with Crippen LogP contribution in [-0.2, 0) is 40.6 Å². The quantitative estimate of drug-likeness (QED) is 0.775. The maximum Gasteiger partial charge on any atom is 0.322 e. The van der Waals surface area contributed by atoms with Gasteiger partial charge >= 0.3 is 6.03 Å². The number of fused-ring (bicyclic) bond motifs is 3. The summed E-state index contributed by atoms with van der Waals surface area (Å²) in [6.45, 7) is 3.48. The topological polar surface area (TPSA) is 85.6 Å². The maximum atomic E-state index is 12.7. The van der Waals surface area contributed by atoms with Crippen molar-refractivity contribution < 1.29 is 13.7 Å². The van der Waals surface area contributed by atoms with Crippen molar-refractivity contribution >= 4 is 22.3 Å². The highest BCUT2D eigenvalue weighted by atomic mass is 32.2. The molecule has 8 heteroatoms. The number of aryl methyl sites for hydroxylation is 3. The van der Waals surface area contributed by atoms with Gasteiger partial charge in [-0.15, -0.1) is 10.6 Å². The molecule has 1 aromatic heterocycles. The molecule has 0 spiro atoms. The summed E-state index contributed by atoms with van der Waals surface area (Å²) in [5, 5.41) is 7.16. The van der Waals surface area contributed by atoms with Crippen LogP contribution in [0, 0.1) is 0 Å². The zero-order chi connectivity index (χ0) is 19.3. The Hall–Kier alpha value is -2.35. The lowest BCUT2D eigenvalue weighted by molar-refractivity contribution is 0.225. The molecule has 28 heavy (non-hydrogen) atoms. The summed E-state index contributed by atoms with van der Waals surface area (Å²) in [6.07, 6.45) is 7.63. The molecule has 1 N–H and O–H groups in total. The van der Waals surface area contributed by atoms with E-state index in [0.717, 1.165) is 50.8 Å². The van der Waals surface area contributed by atoms with Gasteiger partial charge in [-0.2, -0.15) is 5.10 Å². The Bertz CT molecular complexity index is 1050. The smallest absolute Gasteiger partial charge is 0.322 e. The van der Waals surface area contributed by atoms with E-state index in [-0.39, 0.29) is 0 Å². The van der Waals surface area contributed by atoms with Gasteiger partial charge in [0.2, 0.25) is 0 Å². The number of carbonyl (C=O) groups is 1. The van der Waals surface area contributed by atoms with Gasteiger partial charge in [-0.3, -0.25) is 0 Å². The first-order valence-corrected chi connectivity index (χ1v) is 11.0. The number of hydrogen-bond donors (Lipinski definition) is 1. The summed E-state index contributed by atoms with van der Waals surface area (Å²) in [6, 6.07) is 1.75. The van der Waals surface area contributed by atoms with E-state index in [1.807, 2.05) is 0 Å². The fourth-order valence-electron chi connectivity index (χ4n) is 4.67. The highest BCUT2D eigenvalue weighted by molar-refractivity contribution is 7.75. The van der Waals surface area contributed by atoms with Crippen LogP contribution in [-0.4, -0.2) is 22.4 Å². The van der Waals surface area contributed by atoms with Crippen molar-refractivity contribution in [3.63, 3.8) is 0 Å². The number of ether oxygens (including phenoxy) is 1. The van der Waals surface area contributed by atoms with Crippen LogP contribution < -0.4 is 10.1 Å². The first kappa shape index (κ1) is 17.7. The van der Waals surface area contributed by atoms with Crippen LogP contribution in [0.1, 0.15) is 54.4 Å². The van der Waals surface area contributed by atoms with Gasteiger partial charge < -0.3 is 18.6 Å². The summed E-state index contributed by atoms with van der Waals surface area (Å²) in [7, 11) is -1.85. The number of nitrogens with one attached hydrogen (secondary N) is 1. The number of urea groups is 1. The second kappa shape index (κ2) is 6.92. The monoisotopic (exact) mass is 399 g/mol. The van der Waals surface area contributed by atoms with E-state index in [2.05, 4.69) is 27.8 Å². The second-order valence-corrected chi connectivity index (χ2v) is 8.89. The highest BCUT2D eigenvalue weighted by Gasteiger charge is 2.28. The van der Waals surface area contributed by atoms with Crippen LogP contribution in [0.25, 0.3) is 0 Å². The van der Waals surface area contributed by atoms with Gasteiger partial charge in [-0.25, -0.2) is 9.48 Å². The maximum absolute atomic E-state index is 12.7. The van der Waals surface area contributed by atoms with E-state index in [1.54, 1.807) is 4.68 Å². The number of benzene rings is 1.